The summed E-state index contributed by atoms with van der Waals surface area (Å²) in [5.41, 5.74) is 0.701. The van der Waals surface area contributed by atoms with Crippen LogP contribution in [0.1, 0.15) is 31.9 Å². The quantitative estimate of drug-likeness (QED) is 0.896. The Morgan fingerprint density at radius 1 is 1.35 bits per heavy atom. The number of hydrogen-bond donors (Lipinski definition) is 1. The number of carbonyl (C=O) groups excluding carboxylic acids is 2. The molecule has 5 heteroatoms. The Kier molecular flexibility index (Phi) is 3.54. The van der Waals surface area contributed by atoms with Gasteiger partial charge in [0.1, 0.15) is 17.4 Å². The van der Waals surface area contributed by atoms with E-state index in [-0.39, 0.29) is 17.6 Å². The molecule has 1 aromatic rings. The summed E-state index contributed by atoms with van der Waals surface area (Å²) < 4.78 is 13.1. The number of amides is 2. The van der Waals surface area contributed by atoms with Crippen LogP contribution in [0.4, 0.5) is 4.39 Å². The highest BCUT2D eigenvalue weighted by molar-refractivity contribution is 5.99. The number of halogens is 1. The van der Waals surface area contributed by atoms with Crippen LogP contribution in [-0.2, 0) is 16.1 Å². The normalized spacial score (nSPS) is 21.9. The highest BCUT2D eigenvalue weighted by Crippen LogP contribution is 2.24. The van der Waals surface area contributed by atoms with Gasteiger partial charge in [-0.25, -0.2) is 4.39 Å². The van der Waals surface area contributed by atoms with Gasteiger partial charge in [-0.2, -0.15) is 0 Å². The maximum absolute atomic E-state index is 13.1. The lowest BCUT2D eigenvalue weighted by atomic mass is 9.94. The van der Waals surface area contributed by atoms with E-state index in [0.29, 0.717) is 6.54 Å². The predicted octanol–water partition coefficient (Wildman–Crippen LogP) is 1.76. The predicted molar refractivity (Wildman–Crippen MR) is 73.4 cm³/mol. The van der Waals surface area contributed by atoms with E-state index in [1.165, 1.54) is 12.1 Å². The van der Waals surface area contributed by atoms with Gasteiger partial charge < -0.3 is 10.2 Å². The Morgan fingerprint density at radius 3 is 2.60 bits per heavy atom. The molecular weight excluding hydrogens is 259 g/mol. The van der Waals surface area contributed by atoms with Crippen molar-refractivity contribution in [3.63, 3.8) is 0 Å². The van der Waals surface area contributed by atoms with Crippen molar-refractivity contribution in [1.29, 1.82) is 0 Å². The average molecular weight is 278 g/mol. The molecule has 1 unspecified atom stereocenters. The maximum Gasteiger partial charge on any atom is 0.246 e. The van der Waals surface area contributed by atoms with Gasteiger partial charge in [0.15, 0.2) is 0 Å². The highest BCUT2D eigenvalue weighted by atomic mass is 19.1. The zero-order valence-corrected chi connectivity index (χ0v) is 12.2. The molecule has 1 N–H and O–H groups in total. The van der Waals surface area contributed by atoms with Gasteiger partial charge in [0.2, 0.25) is 11.8 Å². The lowest BCUT2D eigenvalue weighted by Gasteiger charge is -2.43. The van der Waals surface area contributed by atoms with E-state index in [1.54, 1.807) is 38.7 Å². The summed E-state index contributed by atoms with van der Waals surface area (Å²) >= 11 is 0. The van der Waals surface area contributed by atoms with Crippen molar-refractivity contribution < 1.29 is 14.0 Å². The first-order valence-electron chi connectivity index (χ1n) is 6.61. The van der Waals surface area contributed by atoms with Crippen LogP contribution < -0.4 is 5.32 Å². The van der Waals surface area contributed by atoms with Crippen LogP contribution in [0.2, 0.25) is 0 Å². The fourth-order valence-electron chi connectivity index (χ4n) is 2.35. The molecule has 0 aliphatic carbocycles. The van der Waals surface area contributed by atoms with Crippen LogP contribution in [0.25, 0.3) is 0 Å². The third-order valence-electron chi connectivity index (χ3n) is 3.85. The van der Waals surface area contributed by atoms with Gasteiger partial charge in [-0.05, 0) is 51.0 Å². The first-order valence-corrected chi connectivity index (χ1v) is 6.61. The van der Waals surface area contributed by atoms with Crippen LogP contribution in [0.3, 0.4) is 0 Å². The molecule has 0 spiro atoms. The zero-order valence-electron chi connectivity index (χ0n) is 12.2. The molecule has 0 saturated carbocycles. The molecule has 1 aliphatic heterocycles. The Balaban J connectivity index is 2.33. The van der Waals surface area contributed by atoms with Gasteiger partial charge in [0.05, 0.1) is 0 Å². The molecule has 20 heavy (non-hydrogen) atoms. The second kappa shape index (κ2) is 4.89. The molecule has 4 nitrogen and oxygen atoms in total. The largest absolute Gasteiger partial charge is 0.343 e. The summed E-state index contributed by atoms with van der Waals surface area (Å²) in [5, 5.41) is 2.67. The number of hydrogen-bond acceptors (Lipinski definition) is 2. The summed E-state index contributed by atoms with van der Waals surface area (Å²) in [5.74, 6) is -0.607. The van der Waals surface area contributed by atoms with E-state index < -0.39 is 11.6 Å². The molecule has 0 aromatic heterocycles. The molecule has 108 valence electrons. The first kappa shape index (κ1) is 14.5. The molecule has 0 bridgehead atoms. The Bertz CT molecular complexity index is 569. The van der Waals surface area contributed by atoms with Gasteiger partial charge in [-0.1, -0.05) is 6.07 Å². The number of nitrogens with zero attached hydrogens (tertiary/aromatic N) is 1. The zero-order chi connectivity index (χ0) is 15.1. The fourth-order valence-corrected chi connectivity index (χ4v) is 2.35. The fraction of sp³-hybridized carbons (Fsp3) is 0.467. The molecule has 1 heterocycles. The number of nitrogens with one attached hydrogen (secondary N) is 1. The van der Waals surface area contributed by atoms with Gasteiger partial charge in [0.25, 0.3) is 0 Å². The van der Waals surface area contributed by atoms with Gasteiger partial charge in [-0.15, -0.1) is 0 Å². The molecule has 1 aromatic carbocycles. The Hall–Kier alpha value is -1.91. The molecule has 1 atom stereocenters. The van der Waals surface area contributed by atoms with Crippen molar-refractivity contribution in [1.82, 2.24) is 10.2 Å². The Morgan fingerprint density at radius 2 is 2.00 bits per heavy atom. The van der Waals surface area contributed by atoms with Crippen molar-refractivity contribution in [2.45, 2.75) is 45.8 Å². The number of rotatable bonds is 2. The van der Waals surface area contributed by atoms with Crippen LogP contribution >= 0.6 is 0 Å². The third kappa shape index (κ3) is 2.40. The third-order valence-corrected chi connectivity index (χ3v) is 3.85. The minimum atomic E-state index is -0.912. The molecule has 2 amide bonds. The van der Waals surface area contributed by atoms with Crippen molar-refractivity contribution in [3.8, 4) is 0 Å². The molecule has 2 rings (SSSR count). The van der Waals surface area contributed by atoms with Crippen molar-refractivity contribution >= 4 is 11.8 Å². The molecule has 1 aliphatic rings. The van der Waals surface area contributed by atoms with Crippen LogP contribution in [0.15, 0.2) is 18.2 Å². The summed E-state index contributed by atoms with van der Waals surface area (Å²) in [6, 6.07) is 3.93. The van der Waals surface area contributed by atoms with Crippen LogP contribution in [0, 0.1) is 12.7 Å². The standard InChI is InChI=1S/C15H19FN2O2/c1-9-7-12(16)6-5-11(9)8-18-13(19)10(2)17-14(20)15(18,3)4/h5-7,10H,8H2,1-4H3,(H,17,20). The first-order chi connectivity index (χ1) is 9.23. The van der Waals surface area contributed by atoms with Crippen molar-refractivity contribution in [3.05, 3.63) is 35.1 Å². The lowest BCUT2D eigenvalue weighted by Crippen LogP contribution is -2.67. The smallest absolute Gasteiger partial charge is 0.246 e. The minimum Gasteiger partial charge on any atom is -0.343 e. The number of carbonyl (C=O) groups is 2. The van der Waals surface area contributed by atoms with Crippen molar-refractivity contribution in [2.75, 3.05) is 0 Å². The van der Waals surface area contributed by atoms with E-state index in [4.69, 9.17) is 0 Å². The SMILES string of the molecule is Cc1cc(F)ccc1CN1C(=O)C(C)NC(=O)C1(C)C. The van der Waals surface area contributed by atoms with Gasteiger partial charge in [-0.3, -0.25) is 9.59 Å². The van der Waals surface area contributed by atoms with E-state index >= 15 is 0 Å². The summed E-state index contributed by atoms with van der Waals surface area (Å²) in [6.45, 7) is 7.19. The minimum absolute atomic E-state index is 0.127. The number of benzene rings is 1. The van der Waals surface area contributed by atoms with E-state index in [1.807, 2.05) is 0 Å². The molecular formula is C15H19FN2O2. The van der Waals surface area contributed by atoms with Crippen LogP contribution in [-0.4, -0.2) is 28.3 Å². The highest BCUT2D eigenvalue weighted by Gasteiger charge is 2.44. The topological polar surface area (TPSA) is 49.4 Å². The number of piperazine rings is 1. The molecule has 1 fully saturated rings. The summed E-state index contributed by atoms with van der Waals surface area (Å²) in [7, 11) is 0. The average Bonchev–Trinajstić information content (AvgIpc) is 2.35. The monoisotopic (exact) mass is 278 g/mol. The van der Waals surface area contributed by atoms with E-state index in [9.17, 15) is 14.0 Å². The second-order valence-corrected chi connectivity index (χ2v) is 5.75. The molecule has 0 radical (unpaired) electrons. The summed E-state index contributed by atoms with van der Waals surface area (Å²) in [6.07, 6.45) is 0. The lowest BCUT2D eigenvalue weighted by molar-refractivity contribution is -0.155. The van der Waals surface area contributed by atoms with Gasteiger partial charge in [0, 0.05) is 6.54 Å². The van der Waals surface area contributed by atoms with Gasteiger partial charge >= 0.3 is 0 Å². The van der Waals surface area contributed by atoms with E-state index in [2.05, 4.69) is 5.32 Å². The second-order valence-electron chi connectivity index (χ2n) is 5.75. The Labute approximate surface area is 118 Å². The number of aryl methyl sites for hydroxylation is 1. The maximum atomic E-state index is 13.1. The van der Waals surface area contributed by atoms with E-state index in [0.717, 1.165) is 11.1 Å². The molecule has 1 saturated heterocycles. The summed E-state index contributed by atoms with van der Waals surface area (Å²) in [4.78, 5) is 25.9. The van der Waals surface area contributed by atoms with Crippen LogP contribution in [0.5, 0.6) is 0 Å². The van der Waals surface area contributed by atoms with Crippen molar-refractivity contribution in [2.24, 2.45) is 0 Å².